The van der Waals surface area contributed by atoms with Crippen molar-refractivity contribution in [3.8, 4) is 11.1 Å². The molecule has 0 aliphatic heterocycles. The minimum Gasteiger partial charge on any atom is -0.480 e. The van der Waals surface area contributed by atoms with Crippen LogP contribution >= 0.6 is 0 Å². The van der Waals surface area contributed by atoms with Crippen LogP contribution in [-0.4, -0.2) is 45.0 Å². The molecule has 2 aromatic carbocycles. The fraction of sp³-hybridized carbons (Fsp3) is 0.250. The monoisotopic (exact) mass is 448 g/mol. The minimum atomic E-state index is -1.49. The maximum absolute atomic E-state index is 12.6. The number of nitrogens with zero attached hydrogens (tertiary/aromatic N) is 2. The first kappa shape index (κ1) is 22.1. The number of nitrogens with one attached hydrogen (secondary N) is 2. The molecule has 2 amide bonds. The van der Waals surface area contributed by atoms with Crippen LogP contribution in [0.2, 0.25) is 0 Å². The molecule has 33 heavy (non-hydrogen) atoms. The normalized spacial score (nSPS) is 12.6. The molecule has 9 nitrogen and oxygen atoms in total. The number of rotatable bonds is 6. The van der Waals surface area contributed by atoms with Gasteiger partial charge in [-0.25, -0.2) is 9.59 Å². The fourth-order valence-corrected chi connectivity index (χ4v) is 3.89. The summed E-state index contributed by atoms with van der Waals surface area (Å²) >= 11 is 0. The Morgan fingerprint density at radius 1 is 1.06 bits per heavy atom. The second-order valence-corrected chi connectivity index (χ2v) is 8.37. The van der Waals surface area contributed by atoms with Gasteiger partial charge in [0.15, 0.2) is 0 Å². The van der Waals surface area contributed by atoms with Crippen LogP contribution in [0.5, 0.6) is 0 Å². The van der Waals surface area contributed by atoms with E-state index < -0.39 is 23.5 Å². The van der Waals surface area contributed by atoms with Crippen molar-refractivity contribution in [2.45, 2.75) is 25.3 Å². The predicted molar refractivity (Wildman–Crippen MR) is 121 cm³/mol. The molecule has 4 rings (SSSR count). The van der Waals surface area contributed by atoms with Crippen molar-refractivity contribution in [3.63, 3.8) is 0 Å². The lowest BCUT2D eigenvalue weighted by Crippen LogP contribution is -2.49. The number of fused-ring (bicyclic) bond motifs is 3. The molecule has 170 valence electrons. The van der Waals surface area contributed by atoms with E-state index in [1.807, 2.05) is 48.5 Å². The fourth-order valence-electron chi connectivity index (χ4n) is 3.89. The van der Waals surface area contributed by atoms with Crippen molar-refractivity contribution in [1.82, 2.24) is 15.1 Å². The summed E-state index contributed by atoms with van der Waals surface area (Å²) in [6, 6.07) is 16.0. The summed E-state index contributed by atoms with van der Waals surface area (Å²) in [4.78, 5) is 36.5. The first-order chi connectivity index (χ1) is 15.7. The van der Waals surface area contributed by atoms with Crippen LogP contribution in [-0.2, 0) is 16.6 Å². The Bertz CT molecular complexity index is 1200. The number of hydrogen-bond donors (Lipinski definition) is 3. The third-order valence-corrected chi connectivity index (χ3v) is 5.71. The number of benzene rings is 2. The van der Waals surface area contributed by atoms with Gasteiger partial charge in [-0.3, -0.25) is 14.8 Å². The van der Waals surface area contributed by atoms with Crippen molar-refractivity contribution in [1.29, 1.82) is 0 Å². The molecule has 0 atom stereocenters. The number of aryl methyl sites for hydroxylation is 1. The van der Waals surface area contributed by atoms with Gasteiger partial charge in [0.05, 0.1) is 6.20 Å². The molecule has 1 aromatic heterocycles. The van der Waals surface area contributed by atoms with E-state index in [2.05, 4.69) is 15.7 Å². The smallest absolute Gasteiger partial charge is 0.412 e. The summed E-state index contributed by atoms with van der Waals surface area (Å²) in [6.45, 7) is 2.84. The molecule has 3 N–H and O–H groups in total. The third kappa shape index (κ3) is 4.17. The van der Waals surface area contributed by atoms with Gasteiger partial charge in [-0.2, -0.15) is 5.10 Å². The highest BCUT2D eigenvalue weighted by atomic mass is 16.5. The number of anilines is 1. The number of carboxylic acid groups (broad SMARTS) is 1. The Balaban J connectivity index is 1.47. The maximum Gasteiger partial charge on any atom is 0.412 e. The molecule has 0 saturated carbocycles. The third-order valence-electron chi connectivity index (χ3n) is 5.71. The Kier molecular flexibility index (Phi) is 5.63. The molecule has 0 spiro atoms. The lowest BCUT2D eigenvalue weighted by Gasteiger charge is -2.21. The number of hydrogen-bond acceptors (Lipinski definition) is 5. The molecule has 9 heteroatoms. The van der Waals surface area contributed by atoms with Crippen LogP contribution in [0.25, 0.3) is 11.1 Å². The number of aromatic nitrogens is 2. The summed E-state index contributed by atoms with van der Waals surface area (Å²) in [6.07, 6.45) is 0.513. The number of ether oxygens (including phenoxy) is 1. The molecule has 1 heterocycles. The zero-order valence-electron chi connectivity index (χ0n) is 18.5. The average molecular weight is 448 g/mol. The number of aliphatic carboxylic acids is 1. The van der Waals surface area contributed by atoms with E-state index in [-0.39, 0.29) is 23.9 Å². The van der Waals surface area contributed by atoms with E-state index in [4.69, 9.17) is 4.74 Å². The summed E-state index contributed by atoms with van der Waals surface area (Å²) in [5, 5.41) is 18.2. The Hall–Kier alpha value is -4.14. The first-order valence-corrected chi connectivity index (χ1v) is 10.4. The van der Waals surface area contributed by atoms with Crippen molar-refractivity contribution >= 4 is 23.8 Å². The quantitative estimate of drug-likeness (QED) is 0.531. The molecule has 1 aliphatic carbocycles. The highest BCUT2D eigenvalue weighted by Gasteiger charge is 2.32. The zero-order valence-corrected chi connectivity index (χ0v) is 18.5. The van der Waals surface area contributed by atoms with Crippen molar-refractivity contribution in [2.75, 3.05) is 11.9 Å². The SMILES string of the molecule is Cn1ncc(C(=O)NC(C)(C)C(=O)O)c1NC(=O)OCC1c2ccccc2-c2ccccc21. The molecule has 1 aliphatic rings. The summed E-state index contributed by atoms with van der Waals surface area (Å²) < 4.78 is 6.83. The van der Waals surface area contributed by atoms with Crippen LogP contribution in [0.1, 0.15) is 41.3 Å². The highest BCUT2D eigenvalue weighted by molar-refractivity contribution is 6.03. The van der Waals surface area contributed by atoms with Gasteiger partial charge in [0.2, 0.25) is 0 Å². The number of amides is 2. The van der Waals surface area contributed by atoms with Gasteiger partial charge < -0.3 is 15.2 Å². The van der Waals surface area contributed by atoms with E-state index in [1.54, 1.807) is 7.05 Å². The highest BCUT2D eigenvalue weighted by Crippen LogP contribution is 2.44. The average Bonchev–Trinajstić information content (AvgIpc) is 3.30. The van der Waals surface area contributed by atoms with E-state index in [9.17, 15) is 19.5 Å². The van der Waals surface area contributed by atoms with Crippen molar-refractivity contribution in [3.05, 3.63) is 71.4 Å². The van der Waals surface area contributed by atoms with Crippen LogP contribution in [0, 0.1) is 0 Å². The van der Waals surface area contributed by atoms with E-state index in [1.165, 1.54) is 24.7 Å². The van der Waals surface area contributed by atoms with Crippen LogP contribution in [0.4, 0.5) is 10.6 Å². The minimum absolute atomic E-state index is 0.0281. The summed E-state index contributed by atoms with van der Waals surface area (Å²) in [7, 11) is 1.55. The Morgan fingerprint density at radius 2 is 1.64 bits per heavy atom. The van der Waals surface area contributed by atoms with E-state index >= 15 is 0 Å². The lowest BCUT2D eigenvalue weighted by molar-refractivity contribution is -0.143. The Morgan fingerprint density at radius 3 is 2.21 bits per heavy atom. The van der Waals surface area contributed by atoms with Gasteiger partial charge in [-0.15, -0.1) is 0 Å². The topological polar surface area (TPSA) is 123 Å². The van der Waals surface area contributed by atoms with Gasteiger partial charge in [-0.1, -0.05) is 48.5 Å². The van der Waals surface area contributed by atoms with Gasteiger partial charge in [0, 0.05) is 13.0 Å². The van der Waals surface area contributed by atoms with Crippen LogP contribution in [0.15, 0.2) is 54.7 Å². The standard InChI is InChI=1S/C24H24N4O5/c1-24(2,22(30)31)27-21(29)18-12-25-28(3)20(18)26-23(32)33-13-19-16-10-6-4-8-14(16)15-9-5-7-11-17(15)19/h4-12,19H,13H2,1-3H3,(H,26,32)(H,27,29)(H,30,31). The van der Waals surface area contributed by atoms with Gasteiger partial charge in [-0.05, 0) is 36.1 Å². The number of carboxylic acids is 1. The molecular weight excluding hydrogens is 424 g/mol. The van der Waals surface area contributed by atoms with Crippen LogP contribution in [0.3, 0.4) is 0 Å². The van der Waals surface area contributed by atoms with E-state index in [0.29, 0.717) is 0 Å². The van der Waals surface area contributed by atoms with Gasteiger partial charge in [0.1, 0.15) is 23.5 Å². The predicted octanol–water partition coefficient (Wildman–Crippen LogP) is 3.37. The van der Waals surface area contributed by atoms with Crippen LogP contribution < -0.4 is 10.6 Å². The summed E-state index contributed by atoms with van der Waals surface area (Å²) in [5.74, 6) is -1.87. The molecule has 3 aromatic rings. The molecule has 0 unspecified atom stereocenters. The molecule has 0 bridgehead atoms. The largest absolute Gasteiger partial charge is 0.480 e. The maximum atomic E-state index is 12.6. The molecular formula is C24H24N4O5. The molecule has 0 radical (unpaired) electrons. The summed E-state index contributed by atoms with van der Waals surface area (Å²) in [5.41, 5.74) is 2.95. The Labute approximate surface area is 190 Å². The molecule has 0 saturated heterocycles. The number of carbonyl (C=O) groups excluding carboxylic acids is 2. The second-order valence-electron chi connectivity index (χ2n) is 8.37. The van der Waals surface area contributed by atoms with Crippen molar-refractivity contribution < 1.29 is 24.2 Å². The second kappa shape index (κ2) is 8.42. The van der Waals surface area contributed by atoms with Gasteiger partial charge in [0.25, 0.3) is 5.91 Å². The zero-order chi connectivity index (χ0) is 23.8. The molecule has 0 fully saturated rings. The number of carbonyl (C=O) groups is 3. The van der Waals surface area contributed by atoms with Crippen molar-refractivity contribution in [2.24, 2.45) is 7.05 Å². The lowest BCUT2D eigenvalue weighted by atomic mass is 9.98. The van der Waals surface area contributed by atoms with E-state index in [0.717, 1.165) is 22.3 Å². The van der Waals surface area contributed by atoms with Gasteiger partial charge >= 0.3 is 12.1 Å². The first-order valence-electron chi connectivity index (χ1n) is 10.4.